The van der Waals surface area contributed by atoms with Gasteiger partial charge >= 0.3 is 0 Å². The molecule has 2 aromatic rings. The lowest BCUT2D eigenvalue weighted by Crippen LogP contribution is -2.50. The van der Waals surface area contributed by atoms with Crippen LogP contribution in [0.15, 0.2) is 46.9 Å². The van der Waals surface area contributed by atoms with Crippen molar-refractivity contribution in [2.75, 3.05) is 6.61 Å². The van der Waals surface area contributed by atoms with Gasteiger partial charge < -0.3 is 9.47 Å². The predicted octanol–water partition coefficient (Wildman–Crippen LogP) is 2.19. The number of carbonyl (C=O) groups is 2. The molecule has 0 aromatic heterocycles. The maximum Gasteiger partial charge on any atom is 0.283 e. The fraction of sp³-hybridized carbons (Fsp3) is 0.125. The zero-order chi connectivity index (χ0) is 17.1. The molecule has 6 nitrogen and oxygen atoms in total. The quantitative estimate of drug-likeness (QED) is 0.765. The molecule has 0 unspecified atom stereocenters. The lowest BCUT2D eigenvalue weighted by molar-refractivity contribution is -0.131. The summed E-state index contributed by atoms with van der Waals surface area (Å²) in [5, 5.41) is 0. The number of hydrazine groups is 1. The van der Waals surface area contributed by atoms with E-state index >= 15 is 0 Å². The molecule has 0 aliphatic carbocycles. The van der Waals surface area contributed by atoms with Crippen LogP contribution in [0.2, 0.25) is 0 Å². The average Bonchev–Trinajstić information content (AvgIpc) is 2.59. The molecule has 2 N–H and O–H groups in total. The van der Waals surface area contributed by atoms with E-state index < -0.39 is 23.7 Å². The van der Waals surface area contributed by atoms with Gasteiger partial charge in [-0.15, -0.1) is 0 Å². The van der Waals surface area contributed by atoms with Crippen LogP contribution in [-0.4, -0.2) is 24.5 Å². The molecule has 8 heteroatoms. The van der Waals surface area contributed by atoms with Gasteiger partial charge in [0.1, 0.15) is 12.4 Å². The molecule has 1 aliphatic heterocycles. The maximum absolute atomic E-state index is 13.0. The number of amides is 2. The van der Waals surface area contributed by atoms with Crippen LogP contribution in [0.1, 0.15) is 10.4 Å². The van der Waals surface area contributed by atoms with Crippen LogP contribution in [0, 0.1) is 5.82 Å². The SMILES string of the molecule is O=C(NNC(=O)[C@H]1COc2ccccc2O1)c1ccc(F)cc1Br. The minimum absolute atomic E-state index is 0.0267. The summed E-state index contributed by atoms with van der Waals surface area (Å²) in [6, 6.07) is 10.6. The lowest BCUT2D eigenvalue weighted by Gasteiger charge is -2.25. The fourth-order valence-electron chi connectivity index (χ4n) is 2.09. The number of fused-ring (bicyclic) bond motifs is 1. The Bertz CT molecular complexity index is 799. The molecule has 0 radical (unpaired) electrons. The Morgan fingerprint density at radius 3 is 2.62 bits per heavy atom. The maximum atomic E-state index is 13.0. The van der Waals surface area contributed by atoms with Crippen molar-refractivity contribution in [2.45, 2.75) is 6.10 Å². The van der Waals surface area contributed by atoms with Crippen molar-refractivity contribution in [3.8, 4) is 11.5 Å². The first-order valence-electron chi connectivity index (χ1n) is 6.98. The standard InChI is InChI=1S/C16H12BrFN2O4/c17-11-7-9(18)5-6-10(11)15(21)19-20-16(22)14-8-23-12-3-1-2-4-13(12)24-14/h1-7,14H,8H2,(H,19,21)(H,20,22)/t14-/m1/s1. The zero-order valence-electron chi connectivity index (χ0n) is 12.2. The number of nitrogens with one attached hydrogen (secondary N) is 2. The molecule has 1 heterocycles. The van der Waals surface area contributed by atoms with Crippen LogP contribution < -0.4 is 20.3 Å². The second kappa shape index (κ2) is 6.88. The van der Waals surface area contributed by atoms with Crippen LogP contribution in [0.5, 0.6) is 11.5 Å². The third-order valence-corrected chi connectivity index (χ3v) is 3.93. The summed E-state index contributed by atoms with van der Waals surface area (Å²) < 4.78 is 24.3. The Hall–Kier alpha value is -2.61. The third-order valence-electron chi connectivity index (χ3n) is 3.28. The number of carbonyl (C=O) groups excluding carboxylic acids is 2. The number of hydrogen-bond donors (Lipinski definition) is 2. The van der Waals surface area contributed by atoms with Gasteiger partial charge in [-0.1, -0.05) is 12.1 Å². The number of rotatable bonds is 2. The van der Waals surface area contributed by atoms with E-state index in [2.05, 4.69) is 26.8 Å². The minimum Gasteiger partial charge on any atom is -0.485 e. The number of ether oxygens (including phenoxy) is 2. The topological polar surface area (TPSA) is 76.7 Å². The van der Waals surface area contributed by atoms with Gasteiger partial charge in [-0.25, -0.2) is 4.39 Å². The molecule has 0 spiro atoms. The monoisotopic (exact) mass is 394 g/mol. The van der Waals surface area contributed by atoms with E-state index in [1.807, 2.05) is 0 Å². The third kappa shape index (κ3) is 3.48. The summed E-state index contributed by atoms with van der Waals surface area (Å²) in [5.74, 6) is -0.616. The van der Waals surface area contributed by atoms with Gasteiger partial charge in [0.15, 0.2) is 11.5 Å². The molecule has 1 atom stereocenters. The second-order valence-electron chi connectivity index (χ2n) is 4.93. The van der Waals surface area contributed by atoms with Gasteiger partial charge in [0.2, 0.25) is 6.10 Å². The molecular formula is C16H12BrFN2O4. The summed E-state index contributed by atoms with van der Waals surface area (Å²) in [6.07, 6.45) is -0.892. The van der Waals surface area contributed by atoms with Crippen molar-refractivity contribution in [1.29, 1.82) is 0 Å². The van der Waals surface area contributed by atoms with E-state index in [0.717, 1.165) is 12.1 Å². The normalized spacial score (nSPS) is 15.5. The van der Waals surface area contributed by atoms with E-state index in [4.69, 9.17) is 9.47 Å². The second-order valence-corrected chi connectivity index (χ2v) is 5.79. The minimum atomic E-state index is -0.892. The predicted molar refractivity (Wildman–Crippen MR) is 86.1 cm³/mol. The van der Waals surface area contributed by atoms with E-state index in [0.29, 0.717) is 11.5 Å². The Morgan fingerprint density at radius 1 is 1.12 bits per heavy atom. The highest BCUT2D eigenvalue weighted by Gasteiger charge is 2.27. The van der Waals surface area contributed by atoms with Gasteiger partial charge in [0.05, 0.1) is 5.56 Å². The van der Waals surface area contributed by atoms with Crippen LogP contribution in [0.3, 0.4) is 0 Å². The summed E-state index contributed by atoms with van der Waals surface area (Å²) in [6.45, 7) is 0.0267. The Kier molecular flexibility index (Phi) is 4.66. The van der Waals surface area contributed by atoms with Gasteiger partial charge in [0, 0.05) is 4.47 Å². The molecule has 124 valence electrons. The van der Waals surface area contributed by atoms with Crippen molar-refractivity contribution in [1.82, 2.24) is 10.9 Å². The zero-order valence-corrected chi connectivity index (χ0v) is 13.8. The average molecular weight is 395 g/mol. The first-order chi connectivity index (χ1) is 11.5. The fourth-order valence-corrected chi connectivity index (χ4v) is 2.62. The van der Waals surface area contributed by atoms with Crippen molar-refractivity contribution in [3.63, 3.8) is 0 Å². The highest BCUT2D eigenvalue weighted by molar-refractivity contribution is 9.10. The largest absolute Gasteiger partial charge is 0.485 e. The Labute approximate surface area is 145 Å². The van der Waals surface area contributed by atoms with Crippen molar-refractivity contribution < 1.29 is 23.5 Å². The van der Waals surface area contributed by atoms with Crippen molar-refractivity contribution in [3.05, 3.63) is 58.3 Å². The van der Waals surface area contributed by atoms with Gasteiger partial charge in [-0.3, -0.25) is 20.4 Å². The molecule has 2 aromatic carbocycles. The highest BCUT2D eigenvalue weighted by atomic mass is 79.9. The first kappa shape index (κ1) is 16.3. The van der Waals surface area contributed by atoms with Crippen LogP contribution in [0.25, 0.3) is 0 Å². The number of para-hydroxylation sites is 2. The van der Waals surface area contributed by atoms with Crippen LogP contribution in [0.4, 0.5) is 4.39 Å². The van der Waals surface area contributed by atoms with E-state index in [-0.39, 0.29) is 16.6 Å². The molecule has 3 rings (SSSR count). The molecule has 2 amide bonds. The number of hydrogen-bond acceptors (Lipinski definition) is 4. The summed E-state index contributed by atoms with van der Waals surface area (Å²) >= 11 is 3.09. The van der Waals surface area contributed by atoms with E-state index in [1.165, 1.54) is 6.07 Å². The summed E-state index contributed by atoms with van der Waals surface area (Å²) in [7, 11) is 0. The van der Waals surface area contributed by atoms with Gasteiger partial charge in [0.25, 0.3) is 11.8 Å². The molecule has 0 bridgehead atoms. The Morgan fingerprint density at radius 2 is 1.88 bits per heavy atom. The Balaban J connectivity index is 1.59. The van der Waals surface area contributed by atoms with E-state index in [1.54, 1.807) is 24.3 Å². The summed E-state index contributed by atoms with van der Waals surface area (Å²) in [5.41, 5.74) is 4.70. The molecule has 0 fully saturated rings. The van der Waals surface area contributed by atoms with Gasteiger partial charge in [-0.05, 0) is 46.3 Å². The van der Waals surface area contributed by atoms with Gasteiger partial charge in [-0.2, -0.15) is 0 Å². The smallest absolute Gasteiger partial charge is 0.283 e. The number of halogens is 2. The lowest BCUT2D eigenvalue weighted by atomic mass is 10.2. The van der Waals surface area contributed by atoms with Crippen molar-refractivity contribution in [2.24, 2.45) is 0 Å². The molecule has 0 saturated carbocycles. The van der Waals surface area contributed by atoms with Crippen molar-refractivity contribution >= 4 is 27.7 Å². The van der Waals surface area contributed by atoms with E-state index in [9.17, 15) is 14.0 Å². The van der Waals surface area contributed by atoms with Crippen LogP contribution in [-0.2, 0) is 4.79 Å². The highest BCUT2D eigenvalue weighted by Crippen LogP contribution is 2.30. The summed E-state index contributed by atoms with van der Waals surface area (Å²) in [4.78, 5) is 24.1. The molecule has 1 aliphatic rings. The molecule has 24 heavy (non-hydrogen) atoms. The molecular weight excluding hydrogens is 383 g/mol. The van der Waals surface area contributed by atoms with Crippen LogP contribution >= 0.6 is 15.9 Å². The number of benzene rings is 2. The molecule has 0 saturated heterocycles. The first-order valence-corrected chi connectivity index (χ1v) is 7.77.